The third-order valence-corrected chi connectivity index (χ3v) is 3.65. The zero-order chi connectivity index (χ0) is 13.0. The predicted molar refractivity (Wildman–Crippen MR) is 71.6 cm³/mol. The van der Waals surface area contributed by atoms with E-state index in [-0.39, 0.29) is 5.82 Å². The lowest BCUT2D eigenvalue weighted by molar-refractivity contribution is 0.0657. The predicted octanol–water partition coefficient (Wildman–Crippen LogP) is 3.75. The van der Waals surface area contributed by atoms with Gasteiger partial charge in [-0.25, -0.2) is 4.39 Å². The molecule has 0 saturated heterocycles. The molecule has 1 fully saturated rings. The summed E-state index contributed by atoms with van der Waals surface area (Å²) in [7, 11) is 0. The lowest BCUT2D eigenvalue weighted by Gasteiger charge is -2.26. The molecule has 1 aromatic carbocycles. The minimum Gasteiger partial charge on any atom is -0.399 e. The van der Waals surface area contributed by atoms with Crippen molar-refractivity contribution >= 4 is 5.69 Å². The minimum atomic E-state index is -0.292. The quantitative estimate of drug-likeness (QED) is 0.827. The topological polar surface area (TPSA) is 35.2 Å². The number of anilines is 1. The molecule has 2 nitrogen and oxygen atoms in total. The van der Waals surface area contributed by atoms with Gasteiger partial charge in [0.2, 0.25) is 0 Å². The van der Waals surface area contributed by atoms with E-state index in [4.69, 9.17) is 10.5 Å². The monoisotopic (exact) mass is 251 g/mol. The molecule has 0 heterocycles. The van der Waals surface area contributed by atoms with Crippen molar-refractivity contribution in [3.05, 3.63) is 29.6 Å². The third kappa shape index (κ3) is 3.98. The fourth-order valence-corrected chi connectivity index (χ4v) is 2.81. The highest BCUT2D eigenvalue weighted by atomic mass is 19.1. The van der Waals surface area contributed by atoms with E-state index in [1.54, 1.807) is 6.07 Å². The first kappa shape index (κ1) is 13.3. The van der Waals surface area contributed by atoms with E-state index < -0.39 is 0 Å². The molecule has 1 aliphatic rings. The SMILES string of the molecule is CC1CCCC(COCc2cc(N)cc(F)c2)C1. The van der Waals surface area contributed by atoms with Gasteiger partial charge in [0.05, 0.1) is 6.61 Å². The van der Waals surface area contributed by atoms with E-state index in [2.05, 4.69) is 6.92 Å². The van der Waals surface area contributed by atoms with Gasteiger partial charge < -0.3 is 10.5 Å². The van der Waals surface area contributed by atoms with Gasteiger partial charge in [0.25, 0.3) is 0 Å². The van der Waals surface area contributed by atoms with Gasteiger partial charge in [-0.15, -0.1) is 0 Å². The molecule has 2 rings (SSSR count). The van der Waals surface area contributed by atoms with Crippen LogP contribution in [0, 0.1) is 17.7 Å². The summed E-state index contributed by atoms with van der Waals surface area (Å²) < 4.78 is 18.8. The number of halogens is 1. The van der Waals surface area contributed by atoms with Crippen LogP contribution < -0.4 is 5.73 Å². The molecule has 1 aliphatic carbocycles. The van der Waals surface area contributed by atoms with Gasteiger partial charge in [-0.3, -0.25) is 0 Å². The van der Waals surface area contributed by atoms with Crippen molar-refractivity contribution in [3.63, 3.8) is 0 Å². The molecule has 2 atom stereocenters. The first-order valence-electron chi connectivity index (χ1n) is 6.76. The molecule has 1 saturated carbocycles. The van der Waals surface area contributed by atoms with Gasteiger partial charge >= 0.3 is 0 Å². The highest BCUT2D eigenvalue weighted by Crippen LogP contribution is 2.28. The molecular formula is C15H22FNO. The average molecular weight is 251 g/mol. The lowest BCUT2D eigenvalue weighted by atomic mass is 9.83. The van der Waals surface area contributed by atoms with Crippen LogP contribution in [0.3, 0.4) is 0 Å². The second-order valence-corrected chi connectivity index (χ2v) is 5.55. The number of hydrogen-bond donors (Lipinski definition) is 1. The Labute approximate surface area is 108 Å². The van der Waals surface area contributed by atoms with Crippen molar-refractivity contribution < 1.29 is 9.13 Å². The summed E-state index contributed by atoms with van der Waals surface area (Å²) in [6.07, 6.45) is 5.17. The molecule has 0 bridgehead atoms. The molecule has 2 N–H and O–H groups in total. The van der Waals surface area contributed by atoms with E-state index in [0.29, 0.717) is 18.2 Å². The highest BCUT2D eigenvalue weighted by Gasteiger charge is 2.18. The van der Waals surface area contributed by atoms with E-state index >= 15 is 0 Å². The smallest absolute Gasteiger partial charge is 0.125 e. The molecule has 100 valence electrons. The Kier molecular flexibility index (Phi) is 4.59. The number of nitrogen functional groups attached to an aromatic ring is 1. The molecule has 18 heavy (non-hydrogen) atoms. The zero-order valence-electron chi connectivity index (χ0n) is 11.0. The summed E-state index contributed by atoms with van der Waals surface area (Å²) >= 11 is 0. The van der Waals surface area contributed by atoms with Crippen LogP contribution in [0.25, 0.3) is 0 Å². The summed E-state index contributed by atoms with van der Waals surface area (Å²) in [4.78, 5) is 0. The molecular weight excluding hydrogens is 229 g/mol. The standard InChI is InChI=1S/C15H22FNO/c1-11-3-2-4-12(5-11)9-18-10-13-6-14(16)8-15(17)7-13/h6-8,11-12H,2-5,9-10,17H2,1H3. The molecule has 0 aliphatic heterocycles. The van der Waals surface area contributed by atoms with Crippen LogP contribution in [0.5, 0.6) is 0 Å². The third-order valence-electron chi connectivity index (χ3n) is 3.65. The molecule has 2 unspecified atom stereocenters. The van der Waals surface area contributed by atoms with E-state index in [0.717, 1.165) is 18.1 Å². The lowest BCUT2D eigenvalue weighted by Crippen LogP contribution is -2.18. The Morgan fingerprint density at radius 1 is 1.33 bits per heavy atom. The largest absolute Gasteiger partial charge is 0.399 e. The number of ether oxygens (including phenoxy) is 1. The number of nitrogens with two attached hydrogens (primary N) is 1. The molecule has 0 aromatic heterocycles. The van der Waals surface area contributed by atoms with Gasteiger partial charge in [0, 0.05) is 12.3 Å². The van der Waals surface area contributed by atoms with Gasteiger partial charge in [-0.1, -0.05) is 19.8 Å². The molecule has 1 aromatic rings. The summed E-state index contributed by atoms with van der Waals surface area (Å²) in [5.74, 6) is 1.19. The Morgan fingerprint density at radius 2 is 2.17 bits per heavy atom. The Balaban J connectivity index is 1.77. The second-order valence-electron chi connectivity index (χ2n) is 5.55. The first-order valence-corrected chi connectivity index (χ1v) is 6.76. The van der Waals surface area contributed by atoms with Crippen LogP contribution in [0.2, 0.25) is 0 Å². The van der Waals surface area contributed by atoms with Crippen LogP contribution >= 0.6 is 0 Å². The van der Waals surface area contributed by atoms with Crippen LogP contribution in [0.1, 0.15) is 38.2 Å². The Bertz CT molecular complexity index is 374. The van der Waals surface area contributed by atoms with E-state index in [9.17, 15) is 4.39 Å². The Hall–Kier alpha value is -1.09. The van der Waals surface area contributed by atoms with Crippen molar-refractivity contribution in [3.8, 4) is 0 Å². The maximum Gasteiger partial charge on any atom is 0.125 e. The van der Waals surface area contributed by atoms with Gasteiger partial charge in [0.15, 0.2) is 0 Å². The summed E-state index contributed by atoms with van der Waals surface area (Å²) in [5.41, 5.74) is 6.87. The van der Waals surface area contributed by atoms with Crippen LogP contribution in [0.4, 0.5) is 10.1 Å². The number of hydrogen-bond acceptors (Lipinski definition) is 2. The Morgan fingerprint density at radius 3 is 2.89 bits per heavy atom. The maximum atomic E-state index is 13.1. The number of benzene rings is 1. The van der Waals surface area contributed by atoms with E-state index in [1.165, 1.54) is 37.8 Å². The fraction of sp³-hybridized carbons (Fsp3) is 0.600. The van der Waals surface area contributed by atoms with Crippen molar-refractivity contribution in [1.82, 2.24) is 0 Å². The minimum absolute atomic E-state index is 0.292. The van der Waals surface area contributed by atoms with Crippen LogP contribution in [-0.4, -0.2) is 6.61 Å². The number of rotatable bonds is 4. The molecule has 0 amide bonds. The average Bonchev–Trinajstić information content (AvgIpc) is 2.27. The summed E-state index contributed by atoms with van der Waals surface area (Å²) in [5, 5.41) is 0. The maximum absolute atomic E-state index is 13.1. The second kappa shape index (κ2) is 6.19. The summed E-state index contributed by atoms with van der Waals surface area (Å²) in [6.45, 7) is 3.53. The van der Waals surface area contributed by atoms with Crippen molar-refractivity contribution in [2.24, 2.45) is 11.8 Å². The van der Waals surface area contributed by atoms with Gasteiger partial charge in [-0.2, -0.15) is 0 Å². The summed E-state index contributed by atoms with van der Waals surface area (Å²) in [6, 6.07) is 4.58. The van der Waals surface area contributed by atoms with Crippen molar-refractivity contribution in [2.75, 3.05) is 12.3 Å². The zero-order valence-corrected chi connectivity index (χ0v) is 11.0. The molecule has 0 radical (unpaired) electrons. The van der Waals surface area contributed by atoms with E-state index in [1.807, 2.05) is 0 Å². The van der Waals surface area contributed by atoms with Crippen molar-refractivity contribution in [1.29, 1.82) is 0 Å². The molecule has 0 spiro atoms. The molecule has 3 heteroatoms. The fourth-order valence-electron chi connectivity index (χ4n) is 2.81. The first-order chi connectivity index (χ1) is 8.63. The van der Waals surface area contributed by atoms with Crippen molar-refractivity contribution in [2.45, 2.75) is 39.2 Å². The van der Waals surface area contributed by atoms with Crippen LogP contribution in [-0.2, 0) is 11.3 Å². The van der Waals surface area contributed by atoms with Crippen LogP contribution in [0.15, 0.2) is 18.2 Å². The normalized spacial score (nSPS) is 24.1. The van der Waals surface area contributed by atoms with Gasteiger partial charge in [-0.05, 0) is 48.4 Å². The highest BCUT2D eigenvalue weighted by molar-refractivity contribution is 5.41. The van der Waals surface area contributed by atoms with Gasteiger partial charge in [0.1, 0.15) is 5.82 Å².